The number of H-pyrrole nitrogens is 1. The van der Waals surface area contributed by atoms with Crippen molar-refractivity contribution < 1.29 is 46.6 Å². The second kappa shape index (κ2) is 19.6. The van der Waals surface area contributed by atoms with Crippen LogP contribution in [0, 0.1) is 23.2 Å². The van der Waals surface area contributed by atoms with Gasteiger partial charge in [0.1, 0.15) is 30.5 Å². The molecule has 1 saturated heterocycles. The van der Waals surface area contributed by atoms with Crippen LogP contribution in [-0.4, -0.2) is 104 Å². The fourth-order valence-electron chi connectivity index (χ4n) is 6.42. The Morgan fingerprint density at radius 3 is 2.62 bits per heavy atom. The highest BCUT2D eigenvalue weighted by Gasteiger charge is 2.53. The average molecular weight is 886 g/mol. The molecule has 2 aliphatic rings. The minimum Gasteiger partial charge on any atom is -0.408 e. The molecular weight excluding hydrogens is 833 g/mol. The maximum Gasteiger partial charge on any atom is 0.327 e. The van der Waals surface area contributed by atoms with Crippen LogP contribution in [0.5, 0.6) is 0 Å². The van der Waals surface area contributed by atoms with Crippen molar-refractivity contribution in [3.8, 4) is 6.07 Å². The molecular formula is C34H53N9O11P2SSi. The fraction of sp³-hybridized carbons (Fsp3) is 0.676. The number of aliphatic hydroxyl groups is 1. The molecule has 58 heavy (non-hydrogen) atoms. The van der Waals surface area contributed by atoms with Gasteiger partial charge in [-0.15, -0.1) is 0 Å². The highest BCUT2D eigenvalue weighted by molar-refractivity contribution is 8.07. The molecule has 1 amide bonds. The molecule has 1 saturated carbocycles. The second-order valence-corrected chi connectivity index (χ2v) is 24.4. The molecule has 1 aliphatic carbocycles. The van der Waals surface area contributed by atoms with Gasteiger partial charge in [-0.25, -0.2) is 15.0 Å². The largest absolute Gasteiger partial charge is 0.408 e. The van der Waals surface area contributed by atoms with Gasteiger partial charge in [0.25, 0.3) is 5.56 Å². The van der Waals surface area contributed by atoms with Crippen molar-refractivity contribution in [3.05, 3.63) is 35.3 Å². The zero-order valence-corrected chi connectivity index (χ0v) is 37.2. The lowest BCUT2D eigenvalue weighted by Gasteiger charge is -2.41. The van der Waals surface area contributed by atoms with Crippen molar-refractivity contribution in [1.82, 2.24) is 29.5 Å². The van der Waals surface area contributed by atoms with Gasteiger partial charge in [0.05, 0.1) is 44.7 Å². The number of nitriles is 1. The Labute approximate surface area is 343 Å². The zero-order chi connectivity index (χ0) is 42.4. The van der Waals surface area contributed by atoms with Gasteiger partial charge in [-0.05, 0) is 61.2 Å². The highest BCUT2D eigenvalue weighted by Crippen LogP contribution is 2.56. The van der Waals surface area contributed by atoms with Gasteiger partial charge in [0.15, 0.2) is 25.7 Å². The van der Waals surface area contributed by atoms with Crippen molar-refractivity contribution >= 4 is 63.9 Å². The minimum atomic E-state index is -3.80. The van der Waals surface area contributed by atoms with Gasteiger partial charge < -0.3 is 38.1 Å². The predicted molar refractivity (Wildman–Crippen MR) is 219 cm³/mol. The van der Waals surface area contributed by atoms with Crippen LogP contribution >= 0.6 is 15.0 Å². The summed E-state index contributed by atoms with van der Waals surface area (Å²) in [6.07, 6.45) is 0.902. The number of imidazole rings is 1. The van der Waals surface area contributed by atoms with E-state index in [4.69, 9.17) is 39.1 Å². The number of nitrogens with one attached hydrogen (secondary N) is 3. The molecule has 3 unspecified atom stereocenters. The number of hydrogen-bond donors (Lipinski definition) is 5. The number of amides is 1. The van der Waals surface area contributed by atoms with Crippen LogP contribution in [0.3, 0.4) is 0 Å². The van der Waals surface area contributed by atoms with Crippen LogP contribution in [0.25, 0.3) is 11.2 Å². The lowest BCUT2D eigenvalue weighted by Crippen LogP contribution is -2.50. The van der Waals surface area contributed by atoms with Crippen LogP contribution < -0.4 is 16.2 Å². The Hall–Kier alpha value is -3.03. The molecule has 24 heteroatoms. The standard InChI is InChI=1S/C34H53N9O11P2SSi/c1-20(2)30(45)41-33-40-29-26(31(46)42-33)38-19-43(29)32-28(27(24(17-44)51-32)54-58(6,7)34(3,4)5)53-56(57,49-13-8-11-35)50-14-10-21-15-22(16-23(21)52-55(47)48)39-25-9-12-36-18-37-25/h9,12,18-24,27-28,32,44,55H,8,10,13-17H2,1-7H3,(H,47,48)(H,36,37,39)(H2,40,41,42,45,46)/t21-,22+,23-,24+,27?,28+,32+,56?/m0/s1. The second-order valence-electron chi connectivity index (χ2n) is 15.9. The summed E-state index contributed by atoms with van der Waals surface area (Å²) in [5, 5.41) is 25.7. The van der Waals surface area contributed by atoms with E-state index in [0.717, 1.165) is 0 Å². The van der Waals surface area contributed by atoms with Gasteiger partial charge in [-0.3, -0.25) is 33.5 Å². The first-order chi connectivity index (χ1) is 27.3. The third kappa shape index (κ3) is 11.4. The number of carbonyl (C=O) groups is 1. The molecule has 2 fully saturated rings. The molecule has 1 aliphatic heterocycles. The van der Waals surface area contributed by atoms with E-state index in [1.165, 1.54) is 17.2 Å². The Morgan fingerprint density at radius 1 is 1.24 bits per heavy atom. The third-order valence-corrected chi connectivity index (χ3v) is 17.8. The first kappa shape index (κ1) is 46.0. The van der Waals surface area contributed by atoms with Crippen molar-refractivity contribution in [3.63, 3.8) is 0 Å². The molecule has 0 radical (unpaired) electrons. The topological polar surface area (TPSA) is 267 Å². The minimum absolute atomic E-state index is 0.0137. The summed E-state index contributed by atoms with van der Waals surface area (Å²) in [5.74, 6) is -0.510. The van der Waals surface area contributed by atoms with E-state index in [1.807, 2.05) is 19.2 Å². The number of ether oxygens (including phenoxy) is 1. The Morgan fingerprint density at radius 2 is 1.98 bits per heavy atom. The van der Waals surface area contributed by atoms with Gasteiger partial charge in [-0.2, -0.15) is 10.2 Å². The predicted octanol–water partition coefficient (Wildman–Crippen LogP) is 4.39. The van der Waals surface area contributed by atoms with E-state index in [-0.39, 0.29) is 59.7 Å². The number of hydrogen-bond acceptors (Lipinski definition) is 17. The molecule has 0 spiro atoms. The zero-order valence-electron chi connectivity index (χ0n) is 33.5. The van der Waals surface area contributed by atoms with Gasteiger partial charge in [0, 0.05) is 18.2 Å². The summed E-state index contributed by atoms with van der Waals surface area (Å²) in [6.45, 7) is 9.21. The van der Waals surface area contributed by atoms with Gasteiger partial charge in [-0.1, -0.05) is 34.6 Å². The molecule has 0 bridgehead atoms. The van der Waals surface area contributed by atoms with E-state index >= 15 is 0 Å². The fourth-order valence-corrected chi connectivity index (χ4v) is 10.4. The molecule has 5 N–H and O–H groups in total. The lowest BCUT2D eigenvalue weighted by atomic mass is 10.0. The molecule has 3 aromatic rings. The van der Waals surface area contributed by atoms with Crippen LogP contribution in [0.1, 0.15) is 66.5 Å². The summed E-state index contributed by atoms with van der Waals surface area (Å²) in [4.78, 5) is 54.9. The van der Waals surface area contributed by atoms with E-state index in [1.54, 1.807) is 26.1 Å². The Kier molecular flexibility index (Phi) is 15.5. The van der Waals surface area contributed by atoms with E-state index in [9.17, 15) is 29.4 Å². The summed E-state index contributed by atoms with van der Waals surface area (Å²) >= 11 is 6.02. The molecule has 320 valence electrons. The van der Waals surface area contributed by atoms with Crippen molar-refractivity contribution in [2.45, 2.75) is 115 Å². The van der Waals surface area contributed by atoms with Crippen molar-refractivity contribution in [2.24, 2.45) is 11.8 Å². The number of anilines is 2. The number of carbonyl (C=O) groups excluding carboxylic acids is 1. The molecule has 0 aromatic carbocycles. The number of aliphatic hydroxyl groups excluding tert-OH is 1. The number of aromatic amines is 1. The number of rotatable bonds is 19. The summed E-state index contributed by atoms with van der Waals surface area (Å²) in [7, 11) is -5.89. The van der Waals surface area contributed by atoms with Crippen molar-refractivity contribution in [1.29, 1.82) is 5.26 Å². The maximum absolute atomic E-state index is 13.2. The average Bonchev–Trinajstić information content (AvgIpc) is 3.83. The lowest BCUT2D eigenvalue weighted by molar-refractivity contribution is -0.118. The van der Waals surface area contributed by atoms with Crippen LogP contribution in [0.2, 0.25) is 18.1 Å². The monoisotopic (exact) mass is 885 g/mol. The van der Waals surface area contributed by atoms with Gasteiger partial charge >= 0.3 is 15.0 Å². The van der Waals surface area contributed by atoms with E-state index in [0.29, 0.717) is 25.1 Å². The highest BCUT2D eigenvalue weighted by atomic mass is 32.5. The molecule has 4 heterocycles. The number of nitrogens with zero attached hydrogens (tertiary/aromatic N) is 6. The van der Waals surface area contributed by atoms with Gasteiger partial charge in [0.2, 0.25) is 11.9 Å². The number of fused-ring (bicyclic) bond motifs is 1. The van der Waals surface area contributed by atoms with Crippen LogP contribution in [0.4, 0.5) is 11.8 Å². The quantitative estimate of drug-likeness (QED) is 0.0635. The summed E-state index contributed by atoms with van der Waals surface area (Å²) < 4.78 is 51.2. The molecule has 20 nitrogen and oxygen atoms in total. The van der Waals surface area contributed by atoms with E-state index in [2.05, 4.69) is 56.3 Å². The number of aromatic nitrogens is 6. The molecule has 3 aromatic heterocycles. The van der Waals surface area contributed by atoms with Crippen LogP contribution in [0.15, 0.2) is 29.7 Å². The van der Waals surface area contributed by atoms with E-state index < -0.39 is 72.0 Å². The smallest absolute Gasteiger partial charge is 0.327 e. The van der Waals surface area contributed by atoms with Crippen LogP contribution in [-0.2, 0) is 48.4 Å². The summed E-state index contributed by atoms with van der Waals surface area (Å²) in [6, 6.07) is 3.63. The third-order valence-electron chi connectivity index (χ3n) is 10.4. The van der Waals surface area contributed by atoms with Crippen molar-refractivity contribution in [2.75, 3.05) is 30.5 Å². The molecule has 9 atom stereocenters. The Balaban J connectivity index is 1.47. The molecule has 5 rings (SSSR count). The SMILES string of the molecule is CC(C)C(=O)Nc1nc2c(ncn2[C@@H]2O[C@H](CO)C(O[Si](C)(C)C(C)(C)C)[C@H]2OP(=S)(OCCC#N)OCC[C@H]2C[C@@H](Nc3ccncn3)C[C@@H]2O[PH](=O)O)c(=O)[nH]1. The summed E-state index contributed by atoms with van der Waals surface area (Å²) in [5.41, 5.74) is -0.618. The Bertz CT molecular complexity index is 2050. The normalized spacial score (nSPS) is 25.4. The first-order valence-electron chi connectivity index (χ1n) is 18.9. The maximum atomic E-state index is 13.2. The first-order valence-corrected chi connectivity index (χ1v) is 25.7.